The molecule has 0 saturated carbocycles. The van der Waals surface area contributed by atoms with E-state index < -0.39 is 0 Å². The highest BCUT2D eigenvalue weighted by Gasteiger charge is 2.29. The van der Waals surface area contributed by atoms with Crippen LogP contribution in [-0.4, -0.2) is 36.1 Å². The van der Waals surface area contributed by atoms with Crippen LogP contribution < -0.4 is 21.1 Å². The summed E-state index contributed by atoms with van der Waals surface area (Å²) in [6.07, 6.45) is 3.76. The standard InChI is InChI=1S/C18H31N5O/c1-5-23(6-2)17-8-7-14(11-19-17)12-20-18(24)16-10-15(21-22-16)9-13(3)4/h7-8,11,13,15-16,21-22H,5-6,9-10,12H2,1-4H3,(H,20,24). The molecule has 2 heterocycles. The molecule has 1 fully saturated rings. The van der Waals surface area contributed by atoms with Crippen LogP contribution in [0.15, 0.2) is 18.3 Å². The van der Waals surface area contributed by atoms with E-state index in [-0.39, 0.29) is 11.9 Å². The van der Waals surface area contributed by atoms with Crippen LogP contribution in [0.4, 0.5) is 5.82 Å². The number of hydrogen-bond donors (Lipinski definition) is 3. The predicted molar refractivity (Wildman–Crippen MR) is 97.6 cm³/mol. The number of carbonyl (C=O) groups is 1. The normalized spacial score (nSPS) is 20.4. The zero-order chi connectivity index (χ0) is 17.5. The number of carbonyl (C=O) groups excluding carboxylic acids is 1. The van der Waals surface area contributed by atoms with Gasteiger partial charge in [0.15, 0.2) is 0 Å². The number of hydrazine groups is 1. The molecule has 24 heavy (non-hydrogen) atoms. The van der Waals surface area contributed by atoms with E-state index in [9.17, 15) is 4.79 Å². The third kappa shape index (κ3) is 5.18. The highest BCUT2D eigenvalue weighted by Crippen LogP contribution is 2.14. The fourth-order valence-corrected chi connectivity index (χ4v) is 3.09. The molecule has 2 rings (SSSR count). The van der Waals surface area contributed by atoms with E-state index in [0.717, 1.165) is 37.3 Å². The Morgan fingerprint density at radius 3 is 2.67 bits per heavy atom. The molecule has 0 bridgehead atoms. The number of aromatic nitrogens is 1. The van der Waals surface area contributed by atoms with E-state index in [1.165, 1.54) is 0 Å². The molecule has 1 aromatic rings. The summed E-state index contributed by atoms with van der Waals surface area (Å²) in [7, 11) is 0. The van der Waals surface area contributed by atoms with Gasteiger partial charge in [-0.1, -0.05) is 19.9 Å². The van der Waals surface area contributed by atoms with Crippen molar-refractivity contribution in [3.8, 4) is 0 Å². The van der Waals surface area contributed by atoms with E-state index in [1.54, 1.807) is 0 Å². The molecule has 1 amide bonds. The molecule has 1 aliphatic rings. The summed E-state index contributed by atoms with van der Waals surface area (Å²) in [5.41, 5.74) is 7.34. The van der Waals surface area contributed by atoms with Gasteiger partial charge in [-0.15, -0.1) is 0 Å². The van der Waals surface area contributed by atoms with E-state index in [1.807, 2.05) is 18.3 Å². The van der Waals surface area contributed by atoms with Gasteiger partial charge < -0.3 is 10.2 Å². The monoisotopic (exact) mass is 333 g/mol. The number of anilines is 1. The fourth-order valence-electron chi connectivity index (χ4n) is 3.09. The average Bonchev–Trinajstić information content (AvgIpc) is 3.02. The minimum Gasteiger partial charge on any atom is -0.357 e. The first-order valence-electron chi connectivity index (χ1n) is 9.02. The summed E-state index contributed by atoms with van der Waals surface area (Å²) in [4.78, 5) is 19.0. The van der Waals surface area contributed by atoms with Crippen LogP contribution in [0.1, 0.15) is 46.1 Å². The maximum Gasteiger partial charge on any atom is 0.238 e. The van der Waals surface area contributed by atoms with E-state index >= 15 is 0 Å². The summed E-state index contributed by atoms with van der Waals surface area (Å²) in [6, 6.07) is 4.26. The zero-order valence-electron chi connectivity index (χ0n) is 15.3. The Labute approximate surface area is 145 Å². The van der Waals surface area contributed by atoms with Gasteiger partial charge in [-0.25, -0.2) is 10.4 Å². The summed E-state index contributed by atoms with van der Waals surface area (Å²) in [5.74, 6) is 1.65. The van der Waals surface area contributed by atoms with Crippen molar-refractivity contribution in [2.24, 2.45) is 5.92 Å². The van der Waals surface area contributed by atoms with Crippen molar-refractivity contribution in [2.45, 2.75) is 59.2 Å². The molecule has 2 unspecified atom stereocenters. The maximum atomic E-state index is 12.3. The van der Waals surface area contributed by atoms with Gasteiger partial charge in [-0.2, -0.15) is 0 Å². The molecule has 3 N–H and O–H groups in total. The molecule has 1 aromatic heterocycles. The maximum absolute atomic E-state index is 12.3. The summed E-state index contributed by atoms with van der Waals surface area (Å²) < 4.78 is 0. The third-order valence-electron chi connectivity index (χ3n) is 4.42. The molecule has 1 aliphatic heterocycles. The lowest BCUT2D eigenvalue weighted by atomic mass is 10.00. The van der Waals surface area contributed by atoms with Crippen LogP contribution >= 0.6 is 0 Å². The van der Waals surface area contributed by atoms with Crippen molar-refractivity contribution in [1.29, 1.82) is 0 Å². The lowest BCUT2D eigenvalue weighted by Crippen LogP contribution is -2.43. The minimum atomic E-state index is -0.156. The first-order chi connectivity index (χ1) is 11.5. The average molecular weight is 333 g/mol. The molecule has 2 atom stereocenters. The highest BCUT2D eigenvalue weighted by atomic mass is 16.2. The minimum absolute atomic E-state index is 0.0431. The van der Waals surface area contributed by atoms with Gasteiger partial charge in [0.1, 0.15) is 11.9 Å². The quantitative estimate of drug-likeness (QED) is 0.677. The molecule has 6 nitrogen and oxygen atoms in total. The molecular formula is C18H31N5O. The fraction of sp³-hybridized carbons (Fsp3) is 0.667. The van der Waals surface area contributed by atoms with Crippen molar-refractivity contribution < 1.29 is 4.79 Å². The number of pyridine rings is 1. The van der Waals surface area contributed by atoms with Gasteiger partial charge in [0, 0.05) is 31.9 Å². The zero-order valence-corrected chi connectivity index (χ0v) is 15.3. The first kappa shape index (κ1) is 18.7. The number of amides is 1. The lowest BCUT2D eigenvalue weighted by molar-refractivity contribution is -0.123. The van der Waals surface area contributed by atoms with Crippen molar-refractivity contribution in [2.75, 3.05) is 18.0 Å². The number of rotatable bonds is 8. The molecule has 0 radical (unpaired) electrons. The van der Waals surface area contributed by atoms with Crippen LogP contribution in [0.5, 0.6) is 0 Å². The Kier molecular flexibility index (Phi) is 6.99. The topological polar surface area (TPSA) is 69.3 Å². The summed E-state index contributed by atoms with van der Waals surface area (Å²) in [6.45, 7) is 11.0. The molecule has 6 heteroatoms. The molecule has 0 aromatic carbocycles. The van der Waals surface area contributed by atoms with Crippen LogP contribution in [0.2, 0.25) is 0 Å². The first-order valence-corrected chi connectivity index (χ1v) is 9.02. The highest BCUT2D eigenvalue weighted by molar-refractivity contribution is 5.82. The van der Waals surface area contributed by atoms with Crippen LogP contribution in [0, 0.1) is 5.92 Å². The van der Waals surface area contributed by atoms with Crippen molar-refractivity contribution in [3.05, 3.63) is 23.9 Å². The molecule has 0 spiro atoms. The predicted octanol–water partition coefficient (Wildman–Crippen LogP) is 1.83. The second-order valence-corrected chi connectivity index (χ2v) is 6.82. The van der Waals surface area contributed by atoms with E-state index in [4.69, 9.17) is 0 Å². The summed E-state index contributed by atoms with van der Waals surface area (Å²) in [5, 5.41) is 3.00. The second kappa shape index (κ2) is 8.99. The Hall–Kier alpha value is -1.66. The Morgan fingerprint density at radius 1 is 1.33 bits per heavy atom. The van der Waals surface area contributed by atoms with Gasteiger partial charge >= 0.3 is 0 Å². The molecular weight excluding hydrogens is 302 g/mol. The van der Waals surface area contributed by atoms with Gasteiger partial charge in [0.05, 0.1) is 0 Å². The number of hydrogen-bond acceptors (Lipinski definition) is 5. The van der Waals surface area contributed by atoms with Crippen molar-refractivity contribution in [3.63, 3.8) is 0 Å². The smallest absolute Gasteiger partial charge is 0.238 e. The SMILES string of the molecule is CCN(CC)c1ccc(CNC(=O)C2CC(CC(C)C)NN2)cn1. The summed E-state index contributed by atoms with van der Waals surface area (Å²) >= 11 is 0. The number of nitrogens with zero attached hydrogens (tertiary/aromatic N) is 2. The molecule has 134 valence electrons. The van der Waals surface area contributed by atoms with E-state index in [2.05, 4.69) is 53.7 Å². The lowest BCUT2D eigenvalue weighted by Gasteiger charge is -2.19. The van der Waals surface area contributed by atoms with Crippen LogP contribution in [-0.2, 0) is 11.3 Å². The van der Waals surface area contributed by atoms with Gasteiger partial charge in [-0.05, 0) is 44.2 Å². The van der Waals surface area contributed by atoms with Crippen LogP contribution in [0.3, 0.4) is 0 Å². The Morgan fingerprint density at radius 2 is 2.08 bits per heavy atom. The van der Waals surface area contributed by atoms with Crippen molar-refractivity contribution >= 4 is 11.7 Å². The Bertz CT molecular complexity index is 513. The largest absolute Gasteiger partial charge is 0.357 e. The Balaban J connectivity index is 1.80. The molecule has 1 saturated heterocycles. The second-order valence-electron chi connectivity index (χ2n) is 6.82. The van der Waals surface area contributed by atoms with Gasteiger partial charge in [0.25, 0.3) is 0 Å². The number of nitrogens with one attached hydrogen (secondary N) is 3. The molecule has 0 aliphatic carbocycles. The third-order valence-corrected chi connectivity index (χ3v) is 4.42. The van der Waals surface area contributed by atoms with Crippen molar-refractivity contribution in [1.82, 2.24) is 21.2 Å². The van der Waals surface area contributed by atoms with Crippen LogP contribution in [0.25, 0.3) is 0 Å². The van der Waals surface area contributed by atoms with Gasteiger partial charge in [-0.3, -0.25) is 10.2 Å². The van der Waals surface area contributed by atoms with E-state index in [0.29, 0.717) is 18.5 Å². The van der Waals surface area contributed by atoms with Gasteiger partial charge in [0.2, 0.25) is 5.91 Å².